The molecular formula is C14H18N4O2S2. The molecule has 1 aromatic carbocycles. The van der Waals surface area contributed by atoms with E-state index in [0.29, 0.717) is 17.4 Å². The van der Waals surface area contributed by atoms with Crippen molar-refractivity contribution in [3.05, 3.63) is 24.3 Å². The zero-order valence-corrected chi connectivity index (χ0v) is 14.1. The van der Waals surface area contributed by atoms with E-state index >= 15 is 0 Å². The molecule has 0 fully saturated rings. The molecular weight excluding hydrogens is 320 g/mol. The van der Waals surface area contributed by atoms with Crippen LogP contribution in [0.1, 0.15) is 13.3 Å². The van der Waals surface area contributed by atoms with Crippen molar-refractivity contribution in [3.63, 3.8) is 0 Å². The Bertz CT molecular complexity index is 618. The molecule has 1 heterocycles. The first-order valence-electron chi connectivity index (χ1n) is 6.85. The van der Waals surface area contributed by atoms with Gasteiger partial charge in [0.25, 0.3) is 0 Å². The molecule has 8 heteroatoms. The number of nitrogens with one attached hydrogen (secondary N) is 2. The molecule has 22 heavy (non-hydrogen) atoms. The van der Waals surface area contributed by atoms with E-state index < -0.39 is 0 Å². The van der Waals surface area contributed by atoms with Gasteiger partial charge in [0, 0.05) is 18.3 Å². The number of anilines is 2. The summed E-state index contributed by atoms with van der Waals surface area (Å²) in [6, 6.07) is 7.58. The molecule has 2 N–H and O–H groups in total. The molecule has 2 rings (SSSR count). The molecule has 0 spiro atoms. The minimum absolute atomic E-state index is 0.0179. The molecule has 0 bridgehead atoms. The number of rotatable bonds is 8. The second-order valence-electron chi connectivity index (χ2n) is 4.37. The predicted molar refractivity (Wildman–Crippen MR) is 90.2 cm³/mol. The first kappa shape index (κ1) is 16.6. The molecule has 0 saturated carbocycles. The third kappa shape index (κ3) is 5.19. The van der Waals surface area contributed by atoms with Crippen molar-refractivity contribution in [1.29, 1.82) is 0 Å². The Morgan fingerprint density at radius 3 is 3.05 bits per heavy atom. The Hall–Kier alpha value is -1.80. The van der Waals surface area contributed by atoms with Gasteiger partial charge in [0.2, 0.25) is 11.0 Å². The van der Waals surface area contributed by atoms with E-state index in [0.717, 1.165) is 22.2 Å². The second-order valence-corrected chi connectivity index (χ2v) is 6.57. The van der Waals surface area contributed by atoms with E-state index in [4.69, 9.17) is 4.74 Å². The van der Waals surface area contributed by atoms with Gasteiger partial charge in [0.05, 0.1) is 12.9 Å². The fourth-order valence-corrected chi connectivity index (χ4v) is 3.19. The maximum atomic E-state index is 11.5. The van der Waals surface area contributed by atoms with Crippen LogP contribution in [-0.2, 0) is 4.79 Å². The summed E-state index contributed by atoms with van der Waals surface area (Å²) in [5.74, 6) is 1.15. The van der Waals surface area contributed by atoms with Gasteiger partial charge in [-0.15, -0.1) is 10.2 Å². The van der Waals surface area contributed by atoms with Crippen LogP contribution in [0, 0.1) is 0 Å². The Balaban J connectivity index is 1.87. The van der Waals surface area contributed by atoms with E-state index in [9.17, 15) is 4.79 Å². The number of thioether (sulfide) groups is 1. The number of benzene rings is 1. The molecule has 0 aliphatic carbocycles. The van der Waals surface area contributed by atoms with Gasteiger partial charge < -0.3 is 15.4 Å². The monoisotopic (exact) mass is 338 g/mol. The first-order chi connectivity index (χ1) is 10.7. The molecule has 0 aliphatic heterocycles. The summed E-state index contributed by atoms with van der Waals surface area (Å²) >= 11 is 2.80. The molecule has 2 aromatic rings. The number of hydrogen-bond acceptors (Lipinski definition) is 7. The van der Waals surface area contributed by atoms with Crippen molar-refractivity contribution in [2.75, 3.05) is 24.7 Å². The predicted octanol–water partition coefficient (Wildman–Crippen LogP) is 2.91. The summed E-state index contributed by atoms with van der Waals surface area (Å²) < 4.78 is 5.93. The number of amides is 1. The molecule has 6 nitrogen and oxygen atoms in total. The zero-order valence-electron chi connectivity index (χ0n) is 12.5. The average molecular weight is 338 g/mol. The Labute approximate surface area is 137 Å². The topological polar surface area (TPSA) is 76.1 Å². The number of hydrogen-bond donors (Lipinski definition) is 2. The highest BCUT2D eigenvalue weighted by Crippen LogP contribution is 2.28. The third-order valence-corrected chi connectivity index (χ3v) is 4.60. The fourth-order valence-electron chi connectivity index (χ4n) is 1.59. The number of carbonyl (C=O) groups excluding carboxylic acids is 1. The van der Waals surface area contributed by atoms with Crippen LogP contribution < -0.4 is 15.4 Å². The summed E-state index contributed by atoms with van der Waals surface area (Å²) in [6.07, 6.45) is 0.934. The fraction of sp³-hybridized carbons (Fsp3) is 0.357. The Kier molecular flexibility index (Phi) is 6.47. The molecule has 1 amide bonds. The third-order valence-electron chi connectivity index (χ3n) is 2.63. The number of carbonyl (C=O) groups is 1. The highest BCUT2D eigenvalue weighted by molar-refractivity contribution is 8.01. The lowest BCUT2D eigenvalue weighted by atomic mass is 10.3. The number of aromatic nitrogens is 2. The molecule has 1 aromatic heterocycles. The van der Waals surface area contributed by atoms with Crippen molar-refractivity contribution in [2.24, 2.45) is 0 Å². The number of methoxy groups -OCH3 is 1. The van der Waals surface area contributed by atoms with Crippen molar-refractivity contribution in [3.8, 4) is 5.75 Å². The number of ether oxygens (including phenoxy) is 1. The molecule has 118 valence electrons. The average Bonchev–Trinajstić information content (AvgIpc) is 2.98. The van der Waals surface area contributed by atoms with Gasteiger partial charge in [0.15, 0.2) is 4.34 Å². The Morgan fingerprint density at radius 2 is 2.27 bits per heavy atom. The van der Waals surface area contributed by atoms with Gasteiger partial charge >= 0.3 is 0 Å². The van der Waals surface area contributed by atoms with E-state index in [1.807, 2.05) is 31.2 Å². The van der Waals surface area contributed by atoms with Crippen LogP contribution in [0.25, 0.3) is 0 Å². The van der Waals surface area contributed by atoms with Crippen molar-refractivity contribution in [2.45, 2.75) is 17.7 Å². The van der Waals surface area contributed by atoms with Gasteiger partial charge in [0.1, 0.15) is 5.75 Å². The molecule has 0 aliphatic rings. The summed E-state index contributed by atoms with van der Waals surface area (Å²) in [5, 5.41) is 14.8. The maximum Gasteiger partial charge on any atom is 0.230 e. The van der Waals surface area contributed by atoms with Gasteiger partial charge in [-0.2, -0.15) is 0 Å². The lowest BCUT2D eigenvalue weighted by molar-refractivity contribution is -0.118. The maximum absolute atomic E-state index is 11.5. The summed E-state index contributed by atoms with van der Waals surface area (Å²) in [4.78, 5) is 11.5. The lowest BCUT2D eigenvalue weighted by Gasteiger charge is -2.04. The highest BCUT2D eigenvalue weighted by Gasteiger charge is 2.08. The lowest BCUT2D eigenvalue weighted by Crippen LogP contribution is -2.25. The van der Waals surface area contributed by atoms with Crippen LogP contribution in [0.5, 0.6) is 5.75 Å². The van der Waals surface area contributed by atoms with Gasteiger partial charge in [-0.3, -0.25) is 4.79 Å². The van der Waals surface area contributed by atoms with Crippen LogP contribution in [0.15, 0.2) is 28.6 Å². The van der Waals surface area contributed by atoms with Crippen LogP contribution in [0.2, 0.25) is 0 Å². The van der Waals surface area contributed by atoms with Crippen molar-refractivity contribution in [1.82, 2.24) is 15.5 Å². The van der Waals surface area contributed by atoms with E-state index in [1.165, 1.54) is 23.1 Å². The standard InChI is InChI=1S/C14H18N4O2S2/c1-3-7-15-12(19)9-21-14-18-17-13(22-14)16-10-5-4-6-11(8-10)20-2/h4-6,8H,3,7,9H2,1-2H3,(H,15,19)(H,16,17). The van der Waals surface area contributed by atoms with Crippen LogP contribution in [0.3, 0.4) is 0 Å². The summed E-state index contributed by atoms with van der Waals surface area (Å²) in [7, 11) is 1.63. The summed E-state index contributed by atoms with van der Waals surface area (Å²) in [5.41, 5.74) is 0.882. The quantitative estimate of drug-likeness (QED) is 0.721. The van der Waals surface area contributed by atoms with Gasteiger partial charge in [-0.05, 0) is 18.6 Å². The van der Waals surface area contributed by atoms with E-state index in [-0.39, 0.29) is 5.91 Å². The van der Waals surface area contributed by atoms with Crippen molar-refractivity contribution < 1.29 is 9.53 Å². The molecule has 0 radical (unpaired) electrons. The smallest absolute Gasteiger partial charge is 0.230 e. The number of nitrogens with zero attached hydrogens (tertiary/aromatic N) is 2. The summed E-state index contributed by atoms with van der Waals surface area (Å²) in [6.45, 7) is 2.73. The van der Waals surface area contributed by atoms with Gasteiger partial charge in [-0.25, -0.2) is 0 Å². The second kappa shape index (κ2) is 8.60. The van der Waals surface area contributed by atoms with E-state index in [1.54, 1.807) is 7.11 Å². The SMILES string of the molecule is CCCNC(=O)CSc1nnc(Nc2cccc(OC)c2)s1. The largest absolute Gasteiger partial charge is 0.497 e. The van der Waals surface area contributed by atoms with Crippen molar-refractivity contribution >= 4 is 39.8 Å². The molecule has 0 atom stereocenters. The highest BCUT2D eigenvalue weighted by atomic mass is 32.2. The minimum atomic E-state index is 0.0179. The van der Waals surface area contributed by atoms with Crippen LogP contribution in [-0.4, -0.2) is 35.5 Å². The first-order valence-corrected chi connectivity index (χ1v) is 8.65. The van der Waals surface area contributed by atoms with Crippen LogP contribution >= 0.6 is 23.1 Å². The molecule has 0 unspecified atom stereocenters. The molecule has 0 saturated heterocycles. The Morgan fingerprint density at radius 1 is 1.41 bits per heavy atom. The van der Waals surface area contributed by atoms with E-state index in [2.05, 4.69) is 20.8 Å². The van der Waals surface area contributed by atoms with Crippen LogP contribution in [0.4, 0.5) is 10.8 Å². The zero-order chi connectivity index (χ0) is 15.8. The normalized spacial score (nSPS) is 10.3. The minimum Gasteiger partial charge on any atom is -0.497 e. The van der Waals surface area contributed by atoms with Gasteiger partial charge in [-0.1, -0.05) is 36.1 Å².